The number of aliphatic hydroxyl groups excluding tert-OH is 3. The van der Waals surface area contributed by atoms with Gasteiger partial charge in [-0.25, -0.2) is 5.48 Å². The number of hydrogen-bond donors (Lipinski definition) is 16. The van der Waals surface area contributed by atoms with Crippen LogP contribution in [0.3, 0.4) is 0 Å². The van der Waals surface area contributed by atoms with Gasteiger partial charge in [0.1, 0.15) is 6.10 Å². The van der Waals surface area contributed by atoms with Crippen molar-refractivity contribution in [2.75, 3.05) is 6.16 Å². The van der Waals surface area contributed by atoms with E-state index >= 15 is 0 Å². The van der Waals surface area contributed by atoms with E-state index < -0.39 is 44.4 Å². The van der Waals surface area contributed by atoms with Gasteiger partial charge >= 0.3 is 7.60 Å². The Morgan fingerprint density at radius 1 is 0.840 bits per heavy atom. The summed E-state index contributed by atoms with van der Waals surface area (Å²) in [6.45, 7) is 0. The van der Waals surface area contributed by atoms with Crippen molar-refractivity contribution in [2.45, 2.75) is 24.7 Å². The SMILES string of the molecule is O=C(NO)[C@@H](O)[C@H](O)[C@H](O)CCP(=O)(O)O.ONO.ONO.ONO. The van der Waals surface area contributed by atoms with Gasteiger partial charge in [-0.05, 0) is 6.42 Å². The zero-order valence-electron chi connectivity index (χ0n) is 12.3. The smallest absolute Gasteiger partial charge is 0.325 e. The van der Waals surface area contributed by atoms with Gasteiger partial charge in [0.25, 0.3) is 5.91 Å². The third kappa shape index (κ3) is 28.2. The second-order valence-electron chi connectivity index (χ2n) is 3.46. The molecule has 0 aliphatic carbocycles. The molecular formula is C6H23N4O14P. The standard InChI is InChI=1S/C6H14NO8P.3H3NO2/c8-3(1-2-16(13,14)15)4(9)5(10)6(11)7-12;3*2-1-3/h3-5,8-10,12H,1-2H2,(H,7,11)(H2,13,14,15);3*1-3H/t3-,4-,5+;;;/m1.../s1. The largest absolute Gasteiger partial charge is 0.390 e. The van der Waals surface area contributed by atoms with Crippen molar-refractivity contribution < 1.29 is 70.9 Å². The van der Waals surface area contributed by atoms with Gasteiger partial charge in [-0.3, -0.25) is 45.8 Å². The van der Waals surface area contributed by atoms with Crippen molar-refractivity contribution >= 4 is 13.5 Å². The van der Waals surface area contributed by atoms with Gasteiger partial charge in [0.05, 0.1) is 12.3 Å². The molecule has 16 N–H and O–H groups in total. The second kappa shape index (κ2) is 21.1. The van der Waals surface area contributed by atoms with Gasteiger partial charge in [-0.15, -0.1) is 0 Å². The van der Waals surface area contributed by atoms with Crippen molar-refractivity contribution in [1.82, 2.24) is 22.4 Å². The summed E-state index contributed by atoms with van der Waals surface area (Å²) in [6.07, 6.45) is -6.92. The Morgan fingerprint density at radius 3 is 1.40 bits per heavy atom. The highest BCUT2D eigenvalue weighted by Gasteiger charge is 2.31. The number of rotatable bonds is 6. The molecule has 0 aliphatic rings. The van der Waals surface area contributed by atoms with Gasteiger partial charge in [0.2, 0.25) is 0 Å². The van der Waals surface area contributed by atoms with E-state index in [-0.39, 0.29) is 0 Å². The second-order valence-corrected chi connectivity index (χ2v) is 5.23. The molecule has 3 atom stereocenters. The lowest BCUT2D eigenvalue weighted by Gasteiger charge is -2.21. The Kier molecular flexibility index (Phi) is 26.9. The molecule has 0 radical (unpaired) electrons. The average molecular weight is 406 g/mol. The summed E-state index contributed by atoms with van der Waals surface area (Å²) in [7, 11) is -4.32. The van der Waals surface area contributed by atoms with Crippen LogP contribution in [0.25, 0.3) is 0 Å². The normalized spacial score (nSPS) is 13.4. The Balaban J connectivity index is -0.000000204. The predicted octanol–water partition coefficient (Wildman–Crippen LogP) is -4.79. The lowest BCUT2D eigenvalue weighted by molar-refractivity contribution is -0.149. The fourth-order valence-corrected chi connectivity index (χ4v) is 1.50. The number of aliphatic hydroxyl groups is 3. The number of carbonyl (C=O) groups is 1. The predicted molar refractivity (Wildman–Crippen MR) is 69.6 cm³/mol. The molecule has 0 unspecified atom stereocenters. The Hall–Kier alpha value is -0.900. The van der Waals surface area contributed by atoms with Crippen LogP contribution in [0.2, 0.25) is 0 Å². The molecule has 0 heterocycles. The Morgan fingerprint density at radius 2 is 1.16 bits per heavy atom. The number of hydroxylamine groups is 1. The first-order chi connectivity index (χ1) is 11.4. The van der Waals surface area contributed by atoms with E-state index in [9.17, 15) is 14.5 Å². The fourth-order valence-electron chi connectivity index (χ4n) is 0.903. The van der Waals surface area contributed by atoms with Gasteiger partial charge in [-0.2, -0.15) is 0 Å². The Labute approximate surface area is 139 Å². The summed E-state index contributed by atoms with van der Waals surface area (Å²) in [5.41, 5.74) is 3.31. The maximum atomic E-state index is 10.6. The van der Waals surface area contributed by atoms with Crippen LogP contribution in [-0.4, -0.2) is 91.9 Å². The quantitative estimate of drug-likeness (QED) is 0.112. The van der Waals surface area contributed by atoms with E-state index in [1.165, 1.54) is 0 Å². The van der Waals surface area contributed by atoms with E-state index in [1.54, 1.807) is 0 Å². The third-order valence-electron chi connectivity index (χ3n) is 1.81. The van der Waals surface area contributed by atoms with E-state index in [0.29, 0.717) is 0 Å². The minimum atomic E-state index is -4.32. The summed E-state index contributed by atoms with van der Waals surface area (Å²) in [6, 6.07) is 0. The molecule has 0 rings (SSSR count). The molecule has 19 heteroatoms. The first kappa shape index (κ1) is 31.8. The summed E-state index contributed by atoms with van der Waals surface area (Å²) < 4.78 is 10.4. The van der Waals surface area contributed by atoms with E-state index in [4.69, 9.17) is 56.5 Å². The number of nitrogens with one attached hydrogen (secondary N) is 4. The third-order valence-corrected chi connectivity index (χ3v) is 2.65. The molecule has 0 aliphatic heterocycles. The molecule has 1 amide bonds. The van der Waals surface area contributed by atoms with Crippen LogP contribution >= 0.6 is 7.60 Å². The summed E-state index contributed by atoms with van der Waals surface area (Å²) >= 11 is 0. The highest BCUT2D eigenvalue weighted by Crippen LogP contribution is 2.35. The van der Waals surface area contributed by atoms with Crippen LogP contribution in [0.5, 0.6) is 0 Å². The van der Waals surface area contributed by atoms with Crippen LogP contribution < -0.4 is 22.4 Å². The molecule has 0 saturated heterocycles. The Bertz CT molecular complexity index is 326. The van der Waals surface area contributed by atoms with Gasteiger partial charge in [0.15, 0.2) is 6.10 Å². The van der Waals surface area contributed by atoms with E-state index in [2.05, 4.69) is 0 Å². The lowest BCUT2D eigenvalue weighted by atomic mass is 10.1. The molecule has 0 fully saturated rings. The maximum Gasteiger partial charge on any atom is 0.325 e. The van der Waals surface area contributed by atoms with Crippen LogP contribution in [0, 0.1) is 0 Å². The minimum Gasteiger partial charge on any atom is -0.390 e. The first-order valence-electron chi connectivity index (χ1n) is 5.56. The molecule has 0 aromatic carbocycles. The highest BCUT2D eigenvalue weighted by molar-refractivity contribution is 7.51. The summed E-state index contributed by atoms with van der Waals surface area (Å²) in [4.78, 5) is 27.6. The molecule has 18 nitrogen and oxygen atoms in total. The number of carbonyl (C=O) groups excluding carboxylic acids is 1. The van der Waals surface area contributed by atoms with Crippen molar-refractivity contribution in [3.8, 4) is 0 Å². The van der Waals surface area contributed by atoms with E-state index in [1.807, 2.05) is 0 Å². The van der Waals surface area contributed by atoms with Crippen molar-refractivity contribution in [3.05, 3.63) is 0 Å². The average Bonchev–Trinajstić information content (AvgIpc) is 2.52. The van der Waals surface area contributed by atoms with Gasteiger partial charge in [0, 0.05) is 0 Å². The lowest BCUT2D eigenvalue weighted by Crippen LogP contribution is -2.46. The monoisotopic (exact) mass is 406 g/mol. The van der Waals surface area contributed by atoms with E-state index in [0.717, 1.165) is 22.4 Å². The highest BCUT2D eigenvalue weighted by atomic mass is 31.2. The molecule has 0 aromatic heterocycles. The van der Waals surface area contributed by atoms with Crippen molar-refractivity contribution in [2.24, 2.45) is 0 Å². The zero-order valence-corrected chi connectivity index (χ0v) is 13.2. The molecule has 0 saturated carbocycles. The van der Waals surface area contributed by atoms with Gasteiger partial charge < -0.3 is 25.1 Å². The van der Waals surface area contributed by atoms with Crippen molar-refractivity contribution in [3.63, 3.8) is 0 Å². The fraction of sp³-hybridized carbons (Fsp3) is 0.833. The van der Waals surface area contributed by atoms with Crippen molar-refractivity contribution in [1.29, 1.82) is 0 Å². The number of amides is 1. The zero-order chi connectivity index (χ0) is 21.1. The minimum absolute atomic E-state index is 0.499. The molecule has 25 heavy (non-hydrogen) atoms. The van der Waals surface area contributed by atoms with Crippen LogP contribution in [0.15, 0.2) is 0 Å². The molecular weight excluding hydrogens is 383 g/mol. The molecule has 156 valence electrons. The topological polar surface area (TPSA) is 325 Å². The van der Waals surface area contributed by atoms with Gasteiger partial charge in [-0.1, -0.05) is 16.9 Å². The van der Waals surface area contributed by atoms with Crippen LogP contribution in [0.1, 0.15) is 6.42 Å². The first-order valence-corrected chi connectivity index (χ1v) is 7.35. The summed E-state index contributed by atoms with van der Waals surface area (Å²) in [5.74, 6) is -1.33. The summed E-state index contributed by atoms with van der Waals surface area (Å²) in [5, 5.41) is 76.7. The van der Waals surface area contributed by atoms with Crippen LogP contribution in [-0.2, 0) is 9.36 Å². The number of hydrogen-bond acceptors (Lipinski definition) is 15. The molecule has 0 spiro atoms. The maximum absolute atomic E-state index is 10.6. The van der Waals surface area contributed by atoms with Crippen LogP contribution in [0.4, 0.5) is 0 Å². The molecule has 0 aromatic rings. The molecule has 0 bridgehead atoms.